The zero-order chi connectivity index (χ0) is 7.07. The number of hydrogen-bond acceptors (Lipinski definition) is 0. The average Bonchev–Trinajstić information content (AvgIpc) is 2.01. The average molecular weight is 132 g/mol. The van der Waals surface area contributed by atoms with Gasteiger partial charge >= 0.3 is 0 Å². The van der Waals surface area contributed by atoms with Gasteiger partial charge in [0.15, 0.2) is 0 Å². The van der Waals surface area contributed by atoms with E-state index in [2.05, 4.69) is 48.6 Å². The van der Waals surface area contributed by atoms with Crippen molar-refractivity contribution in [3.05, 3.63) is 48.6 Å². The zero-order valence-corrected chi connectivity index (χ0v) is 6.03. The molecule has 52 valence electrons. The second kappa shape index (κ2) is 4.80. The maximum atomic E-state index is 2.18. The lowest BCUT2D eigenvalue weighted by Crippen LogP contribution is -1.62. The third-order valence-corrected chi connectivity index (χ3v) is 1.32. The summed E-state index contributed by atoms with van der Waals surface area (Å²) in [5.41, 5.74) is 0. The highest BCUT2D eigenvalue weighted by Gasteiger charge is 1.73. The summed E-state index contributed by atoms with van der Waals surface area (Å²) in [5, 5.41) is 0. The van der Waals surface area contributed by atoms with Crippen LogP contribution in [0.1, 0.15) is 12.8 Å². The summed E-state index contributed by atoms with van der Waals surface area (Å²) in [6, 6.07) is 0. The van der Waals surface area contributed by atoms with Crippen molar-refractivity contribution in [3.8, 4) is 0 Å². The Morgan fingerprint density at radius 3 is 1.50 bits per heavy atom. The first kappa shape index (κ1) is 7.07. The third-order valence-electron chi connectivity index (χ3n) is 1.32. The Labute approximate surface area is 62.3 Å². The molecule has 0 aliphatic heterocycles. The van der Waals surface area contributed by atoms with Crippen molar-refractivity contribution >= 4 is 0 Å². The molecule has 1 rings (SSSR count). The van der Waals surface area contributed by atoms with Crippen molar-refractivity contribution < 1.29 is 0 Å². The van der Waals surface area contributed by atoms with Gasteiger partial charge in [-0.3, -0.25) is 0 Å². The summed E-state index contributed by atoms with van der Waals surface area (Å²) in [7, 11) is 0. The summed E-state index contributed by atoms with van der Waals surface area (Å²) in [4.78, 5) is 0. The van der Waals surface area contributed by atoms with E-state index in [1.54, 1.807) is 0 Å². The van der Waals surface area contributed by atoms with Crippen molar-refractivity contribution in [1.29, 1.82) is 0 Å². The van der Waals surface area contributed by atoms with Crippen molar-refractivity contribution in [2.24, 2.45) is 0 Å². The van der Waals surface area contributed by atoms with Crippen LogP contribution in [-0.2, 0) is 0 Å². The molecule has 0 saturated heterocycles. The fourth-order valence-corrected chi connectivity index (χ4v) is 0.792. The van der Waals surface area contributed by atoms with Gasteiger partial charge in [-0.25, -0.2) is 0 Å². The molecule has 1 aliphatic carbocycles. The molecule has 0 aromatic carbocycles. The van der Waals surface area contributed by atoms with Gasteiger partial charge in [-0.2, -0.15) is 0 Å². The molecule has 0 amide bonds. The molecule has 10 heavy (non-hydrogen) atoms. The first-order valence-electron chi connectivity index (χ1n) is 3.63. The van der Waals surface area contributed by atoms with Gasteiger partial charge in [0, 0.05) is 0 Å². The van der Waals surface area contributed by atoms with E-state index in [1.807, 2.05) is 0 Å². The first-order chi connectivity index (χ1) is 5.00. The van der Waals surface area contributed by atoms with Crippen molar-refractivity contribution in [3.63, 3.8) is 0 Å². The summed E-state index contributed by atoms with van der Waals surface area (Å²) >= 11 is 0. The molecule has 0 atom stereocenters. The van der Waals surface area contributed by atoms with Crippen LogP contribution >= 0.6 is 0 Å². The smallest absolute Gasteiger partial charge is 0.0166 e. The zero-order valence-electron chi connectivity index (χ0n) is 6.03. The highest BCUT2D eigenvalue weighted by Crippen LogP contribution is 1.94. The molecule has 0 radical (unpaired) electrons. The third kappa shape index (κ3) is 3.08. The fraction of sp³-hybridized carbons (Fsp3) is 0.200. The van der Waals surface area contributed by atoms with Gasteiger partial charge in [0.1, 0.15) is 0 Å². The highest BCUT2D eigenvalue weighted by atomic mass is 13.8. The van der Waals surface area contributed by atoms with E-state index in [0.717, 1.165) is 12.8 Å². The molecule has 0 N–H and O–H groups in total. The van der Waals surface area contributed by atoms with Crippen LogP contribution in [-0.4, -0.2) is 0 Å². The van der Waals surface area contributed by atoms with E-state index in [9.17, 15) is 0 Å². The molecule has 0 unspecified atom stereocenters. The molecule has 0 bridgehead atoms. The monoisotopic (exact) mass is 132 g/mol. The van der Waals surface area contributed by atoms with Crippen LogP contribution < -0.4 is 0 Å². The van der Waals surface area contributed by atoms with Crippen LogP contribution in [0.5, 0.6) is 0 Å². The lowest BCUT2D eigenvalue weighted by atomic mass is 10.2. The molecule has 0 saturated carbocycles. The molecule has 0 nitrogen and oxygen atoms in total. The Hall–Kier alpha value is -1.04. The SMILES string of the molecule is C1=C/C=C/C/C=C\CC=C1. The Morgan fingerprint density at radius 2 is 1.00 bits per heavy atom. The van der Waals surface area contributed by atoms with Crippen LogP contribution in [0.3, 0.4) is 0 Å². The maximum Gasteiger partial charge on any atom is -0.0166 e. The van der Waals surface area contributed by atoms with Gasteiger partial charge in [-0.1, -0.05) is 48.6 Å². The number of rotatable bonds is 0. The standard InChI is InChI=1S/C10H12/c1-2-4-6-8-10-9-7-5-3-1/h1-6,9-10H,7-8H2/b2-1?,5-3+,6-4?,10-9-. The Balaban J connectivity index is 2.51. The van der Waals surface area contributed by atoms with Gasteiger partial charge in [-0.05, 0) is 12.8 Å². The molecule has 0 spiro atoms. The fourth-order valence-electron chi connectivity index (χ4n) is 0.792. The Bertz CT molecular complexity index is 160. The van der Waals surface area contributed by atoms with E-state index >= 15 is 0 Å². The van der Waals surface area contributed by atoms with E-state index in [4.69, 9.17) is 0 Å². The van der Waals surface area contributed by atoms with Crippen LogP contribution in [0.4, 0.5) is 0 Å². The van der Waals surface area contributed by atoms with Gasteiger partial charge < -0.3 is 0 Å². The van der Waals surface area contributed by atoms with Gasteiger partial charge in [0.25, 0.3) is 0 Å². The summed E-state index contributed by atoms with van der Waals surface area (Å²) in [6.07, 6.45) is 19.0. The first-order valence-corrected chi connectivity index (χ1v) is 3.63. The summed E-state index contributed by atoms with van der Waals surface area (Å²) in [5.74, 6) is 0. The quantitative estimate of drug-likeness (QED) is 0.444. The van der Waals surface area contributed by atoms with E-state index in [0.29, 0.717) is 0 Å². The Kier molecular flexibility index (Phi) is 3.40. The minimum Gasteiger partial charge on any atom is -0.0844 e. The minimum atomic E-state index is 1.05. The molecule has 1 aliphatic rings. The van der Waals surface area contributed by atoms with Crippen LogP contribution in [0.25, 0.3) is 0 Å². The number of allylic oxidation sites excluding steroid dienone is 8. The second-order valence-electron chi connectivity index (χ2n) is 2.18. The normalized spacial score (nSPS) is 24.0. The van der Waals surface area contributed by atoms with Gasteiger partial charge in [-0.15, -0.1) is 0 Å². The molecule has 0 heteroatoms. The molecule has 0 aromatic rings. The van der Waals surface area contributed by atoms with Gasteiger partial charge in [0.05, 0.1) is 0 Å². The predicted octanol–water partition coefficient (Wildman–Crippen LogP) is 3.01. The van der Waals surface area contributed by atoms with Crippen LogP contribution in [0.2, 0.25) is 0 Å². The number of hydrogen-bond donors (Lipinski definition) is 0. The summed E-state index contributed by atoms with van der Waals surface area (Å²) in [6.45, 7) is 0. The highest BCUT2D eigenvalue weighted by molar-refractivity contribution is 5.14. The second-order valence-corrected chi connectivity index (χ2v) is 2.18. The molecular weight excluding hydrogens is 120 g/mol. The Morgan fingerprint density at radius 1 is 0.500 bits per heavy atom. The predicted molar refractivity (Wildman–Crippen MR) is 45.8 cm³/mol. The van der Waals surface area contributed by atoms with Crippen LogP contribution in [0, 0.1) is 0 Å². The maximum absolute atomic E-state index is 2.18. The summed E-state index contributed by atoms with van der Waals surface area (Å²) < 4.78 is 0. The van der Waals surface area contributed by atoms with Crippen LogP contribution in [0.15, 0.2) is 48.6 Å². The molecular formula is C10H12. The van der Waals surface area contributed by atoms with E-state index in [1.165, 1.54) is 0 Å². The largest absolute Gasteiger partial charge is 0.0844 e. The van der Waals surface area contributed by atoms with Crippen molar-refractivity contribution in [2.75, 3.05) is 0 Å². The lowest BCUT2D eigenvalue weighted by molar-refractivity contribution is 1.31. The lowest BCUT2D eigenvalue weighted by Gasteiger charge is -1.84. The van der Waals surface area contributed by atoms with E-state index < -0.39 is 0 Å². The van der Waals surface area contributed by atoms with Crippen molar-refractivity contribution in [2.45, 2.75) is 12.8 Å². The molecule has 0 aromatic heterocycles. The van der Waals surface area contributed by atoms with Crippen molar-refractivity contribution in [1.82, 2.24) is 0 Å². The molecule has 0 fully saturated rings. The van der Waals surface area contributed by atoms with Gasteiger partial charge in [0.2, 0.25) is 0 Å². The molecule has 0 heterocycles. The topological polar surface area (TPSA) is 0 Å². The minimum absolute atomic E-state index is 1.05. The van der Waals surface area contributed by atoms with E-state index in [-0.39, 0.29) is 0 Å².